The fourth-order valence-corrected chi connectivity index (χ4v) is 2.51. The average molecular weight is 375 g/mol. The normalized spacial score (nSPS) is 11.7. The first-order valence-electron chi connectivity index (χ1n) is 8.30. The predicted molar refractivity (Wildman–Crippen MR) is 104 cm³/mol. The molecule has 0 aliphatic rings. The predicted octanol–water partition coefficient (Wildman–Crippen LogP) is 3.33. The second-order valence-electron chi connectivity index (χ2n) is 6.10. The molecule has 138 valence electrons. The topological polar surface area (TPSA) is 86.1 Å². The Bertz CT molecular complexity index is 856. The third kappa shape index (κ3) is 4.53. The van der Waals surface area contributed by atoms with Crippen LogP contribution in [0.15, 0.2) is 53.1 Å². The zero-order chi connectivity index (χ0) is 17.8. The van der Waals surface area contributed by atoms with Crippen LogP contribution in [0.1, 0.15) is 29.5 Å². The number of carbonyl (C=O) groups excluding carboxylic acids is 1. The summed E-state index contributed by atoms with van der Waals surface area (Å²) in [5.41, 5.74) is 7.61. The SMILES string of the molecule is Cc1ccc(-c2nn(-c3ccccc3)cc2C(=O)NCCC(C)N)o1.Cl. The molecule has 6 nitrogen and oxygen atoms in total. The number of benzene rings is 1. The quantitative estimate of drug-likeness (QED) is 0.692. The molecule has 26 heavy (non-hydrogen) atoms. The summed E-state index contributed by atoms with van der Waals surface area (Å²) >= 11 is 0. The molecule has 7 heteroatoms. The van der Waals surface area contributed by atoms with E-state index in [0.717, 1.165) is 11.4 Å². The Morgan fingerprint density at radius 1 is 1.27 bits per heavy atom. The number of hydrogen-bond donors (Lipinski definition) is 2. The highest BCUT2D eigenvalue weighted by molar-refractivity contribution is 5.99. The highest BCUT2D eigenvalue weighted by Crippen LogP contribution is 2.25. The van der Waals surface area contributed by atoms with Crippen molar-refractivity contribution in [2.24, 2.45) is 5.73 Å². The molecule has 0 saturated carbocycles. The molecule has 3 aromatic rings. The van der Waals surface area contributed by atoms with E-state index in [-0.39, 0.29) is 24.4 Å². The van der Waals surface area contributed by atoms with Gasteiger partial charge in [-0.3, -0.25) is 4.79 Å². The van der Waals surface area contributed by atoms with E-state index in [0.29, 0.717) is 30.0 Å². The van der Waals surface area contributed by atoms with Gasteiger partial charge in [0, 0.05) is 18.8 Å². The van der Waals surface area contributed by atoms with E-state index in [1.54, 1.807) is 10.9 Å². The number of nitrogens with one attached hydrogen (secondary N) is 1. The van der Waals surface area contributed by atoms with E-state index in [4.69, 9.17) is 10.2 Å². The number of halogens is 1. The summed E-state index contributed by atoms with van der Waals surface area (Å²) in [5, 5.41) is 7.46. The van der Waals surface area contributed by atoms with Gasteiger partial charge in [-0.15, -0.1) is 12.4 Å². The first-order chi connectivity index (χ1) is 12.0. The van der Waals surface area contributed by atoms with Crippen molar-refractivity contribution >= 4 is 18.3 Å². The smallest absolute Gasteiger partial charge is 0.255 e. The Hall–Kier alpha value is -2.57. The number of aromatic nitrogens is 2. The minimum Gasteiger partial charge on any atom is -0.460 e. The zero-order valence-electron chi connectivity index (χ0n) is 14.8. The molecular formula is C19H23ClN4O2. The number of hydrogen-bond acceptors (Lipinski definition) is 4. The summed E-state index contributed by atoms with van der Waals surface area (Å²) in [4.78, 5) is 12.6. The lowest BCUT2D eigenvalue weighted by molar-refractivity contribution is 0.0953. The lowest BCUT2D eigenvalue weighted by atomic mass is 10.2. The second kappa shape index (κ2) is 8.69. The van der Waals surface area contributed by atoms with Crippen LogP contribution in [0.2, 0.25) is 0 Å². The van der Waals surface area contributed by atoms with E-state index >= 15 is 0 Å². The van der Waals surface area contributed by atoms with Crippen LogP contribution in [-0.2, 0) is 0 Å². The first-order valence-corrected chi connectivity index (χ1v) is 8.30. The molecule has 0 fully saturated rings. The molecule has 3 N–H and O–H groups in total. The maximum absolute atomic E-state index is 12.6. The molecule has 0 aliphatic heterocycles. The van der Waals surface area contributed by atoms with Crippen LogP contribution < -0.4 is 11.1 Å². The number of amides is 1. The van der Waals surface area contributed by atoms with Crippen molar-refractivity contribution in [3.63, 3.8) is 0 Å². The Labute approximate surface area is 158 Å². The van der Waals surface area contributed by atoms with Gasteiger partial charge in [0.05, 0.1) is 11.3 Å². The number of nitrogens with two attached hydrogens (primary N) is 1. The molecule has 2 aromatic heterocycles. The van der Waals surface area contributed by atoms with Gasteiger partial charge < -0.3 is 15.5 Å². The van der Waals surface area contributed by atoms with Crippen LogP contribution in [0.4, 0.5) is 0 Å². The van der Waals surface area contributed by atoms with E-state index in [1.807, 2.05) is 56.3 Å². The fourth-order valence-electron chi connectivity index (χ4n) is 2.51. The Kier molecular flexibility index (Phi) is 6.60. The van der Waals surface area contributed by atoms with Crippen LogP contribution in [0.25, 0.3) is 17.1 Å². The molecule has 1 unspecified atom stereocenters. The van der Waals surface area contributed by atoms with Gasteiger partial charge in [-0.25, -0.2) is 4.68 Å². The summed E-state index contributed by atoms with van der Waals surface area (Å²) in [6, 6.07) is 13.4. The van der Waals surface area contributed by atoms with Crippen molar-refractivity contribution in [3.05, 3.63) is 60.0 Å². The van der Waals surface area contributed by atoms with Gasteiger partial charge in [-0.05, 0) is 44.5 Å². The van der Waals surface area contributed by atoms with Crippen molar-refractivity contribution in [1.29, 1.82) is 0 Å². The van der Waals surface area contributed by atoms with E-state index < -0.39 is 0 Å². The van der Waals surface area contributed by atoms with Crippen LogP contribution in [0.3, 0.4) is 0 Å². The Morgan fingerprint density at radius 3 is 2.62 bits per heavy atom. The van der Waals surface area contributed by atoms with Crippen molar-refractivity contribution < 1.29 is 9.21 Å². The van der Waals surface area contributed by atoms with Gasteiger partial charge in [0.2, 0.25) is 0 Å². The van der Waals surface area contributed by atoms with Crippen molar-refractivity contribution in [2.75, 3.05) is 6.54 Å². The van der Waals surface area contributed by atoms with Gasteiger partial charge in [0.15, 0.2) is 5.76 Å². The minimum absolute atomic E-state index is 0. The van der Waals surface area contributed by atoms with Gasteiger partial charge in [0.1, 0.15) is 11.5 Å². The van der Waals surface area contributed by atoms with Crippen LogP contribution in [0.5, 0.6) is 0 Å². The van der Waals surface area contributed by atoms with Crippen LogP contribution >= 0.6 is 12.4 Å². The summed E-state index contributed by atoms with van der Waals surface area (Å²) in [6.07, 6.45) is 2.44. The summed E-state index contributed by atoms with van der Waals surface area (Å²) in [5.74, 6) is 1.16. The lowest BCUT2D eigenvalue weighted by Gasteiger charge is -2.06. The van der Waals surface area contributed by atoms with Gasteiger partial charge in [-0.1, -0.05) is 18.2 Å². The standard InChI is InChI=1S/C19H22N4O2.ClH/c1-13(20)10-11-21-19(24)16-12-23(15-6-4-3-5-7-15)22-18(16)17-9-8-14(2)25-17;/h3-9,12-13H,10-11,20H2,1-2H3,(H,21,24);1H. The highest BCUT2D eigenvalue weighted by Gasteiger charge is 2.20. The molecule has 1 amide bonds. The molecule has 0 saturated heterocycles. The van der Waals surface area contributed by atoms with Gasteiger partial charge in [0.25, 0.3) is 5.91 Å². The van der Waals surface area contributed by atoms with Crippen molar-refractivity contribution in [3.8, 4) is 17.1 Å². The van der Waals surface area contributed by atoms with Crippen molar-refractivity contribution in [2.45, 2.75) is 26.3 Å². The number of carbonyl (C=O) groups is 1. The largest absolute Gasteiger partial charge is 0.460 e. The molecule has 2 heterocycles. The third-order valence-electron chi connectivity index (χ3n) is 3.84. The summed E-state index contributed by atoms with van der Waals surface area (Å²) < 4.78 is 7.36. The second-order valence-corrected chi connectivity index (χ2v) is 6.10. The van der Waals surface area contributed by atoms with E-state index in [9.17, 15) is 4.79 Å². The number of rotatable bonds is 6. The van der Waals surface area contributed by atoms with E-state index in [2.05, 4.69) is 10.4 Å². The minimum atomic E-state index is -0.188. The first kappa shape index (κ1) is 19.8. The monoisotopic (exact) mass is 374 g/mol. The Morgan fingerprint density at radius 2 is 2.00 bits per heavy atom. The molecule has 0 spiro atoms. The molecule has 0 aliphatic carbocycles. The number of furan rings is 1. The van der Waals surface area contributed by atoms with Crippen molar-refractivity contribution in [1.82, 2.24) is 15.1 Å². The molecule has 0 bridgehead atoms. The van der Waals surface area contributed by atoms with E-state index in [1.165, 1.54) is 0 Å². The lowest BCUT2D eigenvalue weighted by Crippen LogP contribution is -2.29. The van der Waals surface area contributed by atoms with Gasteiger partial charge in [-0.2, -0.15) is 5.10 Å². The maximum atomic E-state index is 12.6. The average Bonchev–Trinajstić information content (AvgIpc) is 3.21. The molecule has 3 rings (SSSR count). The number of aryl methyl sites for hydroxylation is 1. The Balaban J connectivity index is 0.00000243. The third-order valence-corrected chi connectivity index (χ3v) is 3.84. The maximum Gasteiger partial charge on any atom is 0.255 e. The van der Waals surface area contributed by atoms with Gasteiger partial charge >= 0.3 is 0 Å². The zero-order valence-corrected chi connectivity index (χ0v) is 15.6. The molecule has 1 atom stereocenters. The number of nitrogens with zero attached hydrogens (tertiary/aromatic N) is 2. The summed E-state index contributed by atoms with van der Waals surface area (Å²) in [6.45, 7) is 4.29. The fraction of sp³-hybridized carbons (Fsp3) is 0.263. The molecular weight excluding hydrogens is 352 g/mol. The molecule has 1 aromatic carbocycles. The highest BCUT2D eigenvalue weighted by atomic mass is 35.5. The molecule has 0 radical (unpaired) electrons. The number of para-hydroxylation sites is 1. The van der Waals surface area contributed by atoms with Crippen LogP contribution in [-0.4, -0.2) is 28.3 Å². The van der Waals surface area contributed by atoms with Crippen LogP contribution in [0, 0.1) is 6.92 Å². The summed E-state index contributed by atoms with van der Waals surface area (Å²) in [7, 11) is 0.